The third-order valence-electron chi connectivity index (χ3n) is 2.49. The van der Waals surface area contributed by atoms with Crippen molar-refractivity contribution in [2.24, 2.45) is 7.05 Å². The summed E-state index contributed by atoms with van der Waals surface area (Å²) < 4.78 is 13.5. The Labute approximate surface area is 98.6 Å². The van der Waals surface area contributed by atoms with E-state index in [1.165, 1.54) is 10.9 Å². The van der Waals surface area contributed by atoms with Gasteiger partial charge in [0.1, 0.15) is 5.82 Å². The van der Waals surface area contributed by atoms with Crippen LogP contribution in [0.2, 0.25) is 0 Å². The molecule has 0 bridgehead atoms. The summed E-state index contributed by atoms with van der Waals surface area (Å²) in [7, 11) is 1.71. The van der Waals surface area contributed by atoms with Gasteiger partial charge in [-0.25, -0.2) is 4.39 Å². The normalized spacial score (nSPS) is 12.6. The lowest BCUT2D eigenvalue weighted by atomic mass is 10.1. The number of halogens is 1. The Bertz CT molecular complexity index is 496. The fourth-order valence-corrected chi connectivity index (χ4v) is 1.57. The molecule has 17 heavy (non-hydrogen) atoms. The van der Waals surface area contributed by atoms with Crippen LogP contribution in [0.1, 0.15) is 24.4 Å². The number of nitrogens with one attached hydrogen (secondary N) is 1. The maximum absolute atomic E-state index is 13.5. The maximum atomic E-state index is 13.5. The number of aryl methyl sites for hydroxylation is 1. The number of aromatic nitrogens is 4. The Balaban J connectivity index is 1.98. The Morgan fingerprint density at radius 2 is 2.18 bits per heavy atom. The third kappa shape index (κ3) is 2.85. The van der Waals surface area contributed by atoms with Crippen molar-refractivity contribution in [2.75, 3.05) is 0 Å². The standard InChI is InChI=1S/C11H14FN5/c1-8(9-5-3-4-6-10(9)12)13-7-11-14-16-17(2)15-11/h3-6,8,13H,7H2,1-2H3. The maximum Gasteiger partial charge on any atom is 0.188 e. The van der Waals surface area contributed by atoms with Crippen molar-refractivity contribution in [2.45, 2.75) is 19.5 Å². The van der Waals surface area contributed by atoms with Gasteiger partial charge in [0.15, 0.2) is 5.82 Å². The van der Waals surface area contributed by atoms with E-state index >= 15 is 0 Å². The average molecular weight is 235 g/mol. The number of nitrogens with zero attached hydrogens (tertiary/aromatic N) is 4. The van der Waals surface area contributed by atoms with E-state index in [1.54, 1.807) is 19.2 Å². The molecule has 0 saturated heterocycles. The number of tetrazole rings is 1. The molecular weight excluding hydrogens is 221 g/mol. The van der Waals surface area contributed by atoms with E-state index in [0.29, 0.717) is 17.9 Å². The second-order valence-corrected chi connectivity index (χ2v) is 3.82. The summed E-state index contributed by atoms with van der Waals surface area (Å²) >= 11 is 0. The second kappa shape index (κ2) is 5.01. The third-order valence-corrected chi connectivity index (χ3v) is 2.49. The Kier molecular flexibility index (Phi) is 3.43. The quantitative estimate of drug-likeness (QED) is 0.865. The molecule has 2 aromatic rings. The number of hydrogen-bond donors (Lipinski definition) is 1. The molecule has 5 nitrogen and oxygen atoms in total. The van der Waals surface area contributed by atoms with Gasteiger partial charge in [-0.3, -0.25) is 0 Å². The largest absolute Gasteiger partial charge is 0.303 e. The summed E-state index contributed by atoms with van der Waals surface area (Å²) in [6.45, 7) is 2.36. The van der Waals surface area contributed by atoms with Crippen LogP contribution < -0.4 is 5.32 Å². The highest BCUT2D eigenvalue weighted by atomic mass is 19.1. The Morgan fingerprint density at radius 1 is 1.41 bits per heavy atom. The minimum absolute atomic E-state index is 0.0972. The van der Waals surface area contributed by atoms with Crippen LogP contribution in [0.15, 0.2) is 24.3 Å². The van der Waals surface area contributed by atoms with Crippen molar-refractivity contribution >= 4 is 0 Å². The first kappa shape index (κ1) is 11.7. The zero-order valence-corrected chi connectivity index (χ0v) is 9.76. The van der Waals surface area contributed by atoms with Crippen molar-refractivity contribution in [3.8, 4) is 0 Å². The summed E-state index contributed by atoms with van der Waals surface area (Å²) in [6.07, 6.45) is 0. The zero-order valence-electron chi connectivity index (χ0n) is 9.76. The summed E-state index contributed by atoms with van der Waals surface area (Å²) in [4.78, 5) is 1.39. The molecule has 6 heteroatoms. The molecule has 0 fully saturated rings. The predicted octanol–water partition coefficient (Wildman–Crippen LogP) is 1.20. The van der Waals surface area contributed by atoms with Gasteiger partial charge in [-0.15, -0.1) is 10.2 Å². The van der Waals surface area contributed by atoms with Gasteiger partial charge in [0, 0.05) is 11.6 Å². The van der Waals surface area contributed by atoms with Gasteiger partial charge in [-0.05, 0) is 18.2 Å². The van der Waals surface area contributed by atoms with Crippen molar-refractivity contribution in [3.63, 3.8) is 0 Å². The SMILES string of the molecule is CC(NCc1nnn(C)n1)c1ccccc1F. The average Bonchev–Trinajstić information content (AvgIpc) is 2.73. The molecule has 90 valence electrons. The summed E-state index contributed by atoms with van der Waals surface area (Å²) in [5.41, 5.74) is 0.636. The highest BCUT2D eigenvalue weighted by Gasteiger charge is 2.10. The molecule has 0 aliphatic carbocycles. The lowest BCUT2D eigenvalue weighted by molar-refractivity contribution is 0.518. The Morgan fingerprint density at radius 3 is 2.82 bits per heavy atom. The van der Waals surface area contributed by atoms with E-state index in [4.69, 9.17) is 0 Å². The molecular formula is C11H14FN5. The van der Waals surface area contributed by atoms with Gasteiger partial charge in [0.05, 0.1) is 13.6 Å². The van der Waals surface area contributed by atoms with Crippen LogP contribution in [-0.2, 0) is 13.6 Å². The molecule has 1 heterocycles. The van der Waals surface area contributed by atoms with Crippen LogP contribution >= 0.6 is 0 Å². The van der Waals surface area contributed by atoms with E-state index in [-0.39, 0.29) is 11.9 Å². The first-order valence-corrected chi connectivity index (χ1v) is 5.37. The van der Waals surface area contributed by atoms with Gasteiger partial charge in [-0.2, -0.15) is 4.80 Å². The minimum Gasteiger partial charge on any atom is -0.303 e. The van der Waals surface area contributed by atoms with E-state index in [2.05, 4.69) is 20.7 Å². The molecule has 0 radical (unpaired) electrons. The number of rotatable bonds is 4. The van der Waals surface area contributed by atoms with E-state index in [9.17, 15) is 4.39 Å². The minimum atomic E-state index is -0.209. The van der Waals surface area contributed by atoms with E-state index in [1.807, 2.05) is 13.0 Å². The molecule has 1 aromatic heterocycles. The zero-order chi connectivity index (χ0) is 12.3. The second-order valence-electron chi connectivity index (χ2n) is 3.82. The molecule has 0 saturated carbocycles. The van der Waals surface area contributed by atoms with Gasteiger partial charge >= 0.3 is 0 Å². The van der Waals surface area contributed by atoms with Crippen molar-refractivity contribution in [3.05, 3.63) is 41.5 Å². The van der Waals surface area contributed by atoms with Crippen LogP contribution in [0, 0.1) is 5.82 Å². The Hall–Kier alpha value is -1.82. The number of benzene rings is 1. The first-order valence-electron chi connectivity index (χ1n) is 5.37. The highest BCUT2D eigenvalue weighted by Crippen LogP contribution is 2.15. The van der Waals surface area contributed by atoms with Crippen LogP contribution in [0.3, 0.4) is 0 Å². The lowest BCUT2D eigenvalue weighted by Gasteiger charge is -2.13. The van der Waals surface area contributed by atoms with E-state index < -0.39 is 0 Å². The van der Waals surface area contributed by atoms with Crippen LogP contribution in [-0.4, -0.2) is 20.2 Å². The van der Waals surface area contributed by atoms with Gasteiger partial charge in [0.25, 0.3) is 0 Å². The summed E-state index contributed by atoms with van der Waals surface area (Å²) in [5.74, 6) is 0.385. The van der Waals surface area contributed by atoms with Gasteiger partial charge < -0.3 is 5.32 Å². The van der Waals surface area contributed by atoms with Crippen LogP contribution in [0.25, 0.3) is 0 Å². The molecule has 0 amide bonds. The number of hydrogen-bond acceptors (Lipinski definition) is 4. The topological polar surface area (TPSA) is 55.6 Å². The lowest BCUT2D eigenvalue weighted by Crippen LogP contribution is -2.20. The molecule has 1 unspecified atom stereocenters. The first-order chi connectivity index (χ1) is 8.16. The molecule has 0 aliphatic rings. The van der Waals surface area contributed by atoms with E-state index in [0.717, 1.165) is 0 Å². The molecule has 0 spiro atoms. The molecule has 1 atom stereocenters. The fraction of sp³-hybridized carbons (Fsp3) is 0.364. The fourth-order valence-electron chi connectivity index (χ4n) is 1.57. The highest BCUT2D eigenvalue weighted by molar-refractivity contribution is 5.20. The van der Waals surface area contributed by atoms with Crippen molar-refractivity contribution < 1.29 is 4.39 Å². The summed E-state index contributed by atoms with van der Waals surface area (Å²) in [6, 6.07) is 6.61. The van der Waals surface area contributed by atoms with Crippen LogP contribution in [0.5, 0.6) is 0 Å². The van der Waals surface area contributed by atoms with Crippen molar-refractivity contribution in [1.29, 1.82) is 0 Å². The summed E-state index contributed by atoms with van der Waals surface area (Å²) in [5, 5.41) is 14.8. The molecule has 0 aliphatic heterocycles. The monoisotopic (exact) mass is 235 g/mol. The van der Waals surface area contributed by atoms with Gasteiger partial charge in [-0.1, -0.05) is 18.2 Å². The van der Waals surface area contributed by atoms with Gasteiger partial charge in [0.2, 0.25) is 0 Å². The smallest absolute Gasteiger partial charge is 0.188 e. The van der Waals surface area contributed by atoms with Crippen molar-refractivity contribution in [1.82, 2.24) is 25.5 Å². The predicted molar refractivity (Wildman–Crippen MR) is 60.5 cm³/mol. The van der Waals surface area contributed by atoms with Crippen LogP contribution in [0.4, 0.5) is 4.39 Å². The molecule has 1 aromatic carbocycles. The molecule has 2 rings (SSSR count). The molecule has 1 N–H and O–H groups in total.